The number of carbonyl (C=O) groups is 1. The van der Waals surface area contributed by atoms with E-state index >= 15 is 0 Å². The average molecular weight is 409 g/mol. The number of nitrogens with zero attached hydrogens (tertiary/aromatic N) is 2. The Labute approximate surface area is 162 Å². The van der Waals surface area contributed by atoms with Gasteiger partial charge < -0.3 is 5.32 Å². The summed E-state index contributed by atoms with van der Waals surface area (Å²) in [5, 5.41) is 2.40. The molecule has 2 aromatic rings. The largest absolute Gasteiger partial charge is 0.325 e. The second kappa shape index (κ2) is 8.34. The van der Waals surface area contributed by atoms with Gasteiger partial charge in [0, 0.05) is 31.4 Å². The fourth-order valence-electron chi connectivity index (χ4n) is 3.05. The predicted molar refractivity (Wildman–Crippen MR) is 102 cm³/mol. The summed E-state index contributed by atoms with van der Waals surface area (Å²) < 4.78 is 54.5. The van der Waals surface area contributed by atoms with Crippen molar-refractivity contribution < 1.29 is 22.0 Å². The van der Waals surface area contributed by atoms with Crippen molar-refractivity contribution in [1.29, 1.82) is 0 Å². The fourth-order valence-corrected chi connectivity index (χ4v) is 4.68. The van der Waals surface area contributed by atoms with Crippen LogP contribution in [0.25, 0.3) is 0 Å². The number of hydrogen-bond acceptors (Lipinski definition) is 3. The van der Waals surface area contributed by atoms with Crippen LogP contribution >= 0.6 is 0 Å². The van der Waals surface area contributed by atoms with Gasteiger partial charge in [-0.3, -0.25) is 4.79 Å². The molecule has 0 bridgehead atoms. The van der Waals surface area contributed by atoms with Gasteiger partial charge in [-0.25, -0.2) is 8.78 Å². The van der Waals surface area contributed by atoms with E-state index in [-0.39, 0.29) is 18.8 Å². The van der Waals surface area contributed by atoms with Crippen LogP contribution in [-0.4, -0.2) is 42.6 Å². The Balaban J connectivity index is 1.68. The molecule has 0 unspecified atom stereocenters. The highest BCUT2D eigenvalue weighted by atomic mass is 32.2. The van der Waals surface area contributed by atoms with E-state index < -0.39 is 34.3 Å². The molecule has 1 amide bonds. The van der Waals surface area contributed by atoms with Gasteiger partial charge in [-0.2, -0.15) is 17.0 Å². The van der Waals surface area contributed by atoms with E-state index in [1.165, 1.54) is 10.4 Å². The van der Waals surface area contributed by atoms with Gasteiger partial charge in [0.15, 0.2) is 11.6 Å². The molecule has 3 rings (SSSR count). The van der Waals surface area contributed by atoms with Crippen molar-refractivity contribution in [3.63, 3.8) is 0 Å². The summed E-state index contributed by atoms with van der Waals surface area (Å²) in [4.78, 5) is 12.2. The molecule has 1 heterocycles. The standard InChI is InChI=1S/C19H21F2N3O3S/c1-14-5-2-3-6-15(14)12-23-9-4-10-24(28(23,26)27)13-19(25)22-16-7-8-17(20)18(21)11-16/h2-3,5-8,11H,4,9-10,12-13H2,1H3,(H,22,25). The molecule has 150 valence electrons. The van der Waals surface area contributed by atoms with Crippen LogP contribution in [0, 0.1) is 18.6 Å². The minimum Gasteiger partial charge on any atom is -0.325 e. The summed E-state index contributed by atoms with van der Waals surface area (Å²) >= 11 is 0. The number of benzene rings is 2. The Bertz CT molecular complexity index is 982. The summed E-state index contributed by atoms with van der Waals surface area (Å²) in [7, 11) is -3.81. The lowest BCUT2D eigenvalue weighted by atomic mass is 10.1. The summed E-state index contributed by atoms with van der Waals surface area (Å²) in [6, 6.07) is 10.5. The summed E-state index contributed by atoms with van der Waals surface area (Å²) in [6.45, 7) is 2.34. The molecule has 1 fully saturated rings. The van der Waals surface area contributed by atoms with Crippen LogP contribution in [-0.2, 0) is 21.5 Å². The zero-order valence-electron chi connectivity index (χ0n) is 15.4. The van der Waals surface area contributed by atoms with Crippen molar-refractivity contribution in [3.8, 4) is 0 Å². The fraction of sp³-hybridized carbons (Fsp3) is 0.316. The van der Waals surface area contributed by atoms with E-state index in [2.05, 4.69) is 5.32 Å². The van der Waals surface area contributed by atoms with Crippen LogP contribution in [0.3, 0.4) is 0 Å². The third-order valence-electron chi connectivity index (χ3n) is 4.60. The molecule has 1 N–H and O–H groups in total. The van der Waals surface area contributed by atoms with Crippen LogP contribution in [0.2, 0.25) is 0 Å². The van der Waals surface area contributed by atoms with Gasteiger partial charge in [-0.05, 0) is 36.6 Å². The highest BCUT2D eigenvalue weighted by Crippen LogP contribution is 2.21. The molecule has 1 saturated heterocycles. The van der Waals surface area contributed by atoms with Crippen LogP contribution in [0.1, 0.15) is 17.5 Å². The van der Waals surface area contributed by atoms with E-state index in [0.717, 1.165) is 27.6 Å². The Kier molecular flexibility index (Phi) is 6.07. The van der Waals surface area contributed by atoms with E-state index in [0.29, 0.717) is 13.0 Å². The van der Waals surface area contributed by atoms with Crippen LogP contribution in [0.4, 0.5) is 14.5 Å². The first kappa shape index (κ1) is 20.4. The number of nitrogens with one attached hydrogen (secondary N) is 1. The second-order valence-corrected chi connectivity index (χ2v) is 8.56. The van der Waals surface area contributed by atoms with Crippen molar-refractivity contribution >= 4 is 21.8 Å². The Morgan fingerprint density at radius 1 is 1.07 bits per heavy atom. The monoisotopic (exact) mass is 409 g/mol. The van der Waals surface area contributed by atoms with Crippen molar-refractivity contribution in [2.24, 2.45) is 0 Å². The topological polar surface area (TPSA) is 69.7 Å². The molecule has 9 heteroatoms. The second-order valence-electron chi connectivity index (χ2n) is 6.63. The van der Waals surface area contributed by atoms with E-state index in [9.17, 15) is 22.0 Å². The van der Waals surface area contributed by atoms with Gasteiger partial charge in [0.05, 0.1) is 6.54 Å². The molecule has 0 aromatic heterocycles. The number of aryl methyl sites for hydroxylation is 1. The molecule has 0 radical (unpaired) electrons. The van der Waals surface area contributed by atoms with Crippen molar-refractivity contribution in [1.82, 2.24) is 8.61 Å². The molecule has 0 saturated carbocycles. The maximum Gasteiger partial charge on any atom is 0.282 e. The Morgan fingerprint density at radius 3 is 2.50 bits per heavy atom. The third kappa shape index (κ3) is 4.54. The van der Waals surface area contributed by atoms with E-state index in [4.69, 9.17) is 0 Å². The molecule has 6 nitrogen and oxygen atoms in total. The highest BCUT2D eigenvalue weighted by molar-refractivity contribution is 7.86. The molecule has 1 aliphatic heterocycles. The molecule has 0 spiro atoms. The summed E-state index contributed by atoms with van der Waals surface area (Å²) in [5.41, 5.74) is 1.96. The summed E-state index contributed by atoms with van der Waals surface area (Å²) in [5.74, 6) is -2.73. The highest BCUT2D eigenvalue weighted by Gasteiger charge is 2.34. The van der Waals surface area contributed by atoms with Gasteiger partial charge in [0.2, 0.25) is 5.91 Å². The number of carbonyl (C=O) groups excluding carboxylic acids is 1. The zero-order valence-corrected chi connectivity index (χ0v) is 16.2. The molecule has 1 aliphatic rings. The minimum atomic E-state index is -3.81. The number of amides is 1. The van der Waals surface area contributed by atoms with Gasteiger partial charge in [0.25, 0.3) is 10.2 Å². The first-order valence-electron chi connectivity index (χ1n) is 8.82. The van der Waals surface area contributed by atoms with Crippen molar-refractivity contribution in [3.05, 3.63) is 65.2 Å². The third-order valence-corrected chi connectivity index (χ3v) is 6.53. The maximum absolute atomic E-state index is 13.3. The molecular formula is C19H21F2N3O3S. The Hall–Kier alpha value is -2.36. The summed E-state index contributed by atoms with van der Waals surface area (Å²) in [6.07, 6.45) is 0.587. The number of rotatable bonds is 5. The van der Waals surface area contributed by atoms with Gasteiger partial charge in [-0.1, -0.05) is 24.3 Å². The van der Waals surface area contributed by atoms with E-state index in [1.54, 1.807) is 0 Å². The SMILES string of the molecule is Cc1ccccc1CN1CCCN(CC(=O)Nc2ccc(F)c(F)c2)S1(=O)=O. The molecule has 0 atom stereocenters. The van der Waals surface area contributed by atoms with Crippen molar-refractivity contribution in [2.45, 2.75) is 19.9 Å². The van der Waals surface area contributed by atoms with Crippen LogP contribution in [0.15, 0.2) is 42.5 Å². The van der Waals surface area contributed by atoms with Crippen molar-refractivity contribution in [2.75, 3.05) is 25.0 Å². The average Bonchev–Trinajstić information content (AvgIpc) is 2.63. The Morgan fingerprint density at radius 2 is 1.79 bits per heavy atom. The first-order valence-corrected chi connectivity index (χ1v) is 10.2. The molecule has 0 aliphatic carbocycles. The number of hydrogen-bond donors (Lipinski definition) is 1. The van der Waals surface area contributed by atoms with E-state index in [1.807, 2.05) is 31.2 Å². The molecule has 28 heavy (non-hydrogen) atoms. The number of anilines is 1. The quantitative estimate of drug-likeness (QED) is 0.826. The smallest absolute Gasteiger partial charge is 0.282 e. The van der Waals surface area contributed by atoms with Crippen LogP contribution in [0.5, 0.6) is 0 Å². The van der Waals surface area contributed by atoms with Gasteiger partial charge >= 0.3 is 0 Å². The van der Waals surface area contributed by atoms with Crippen LogP contribution < -0.4 is 5.32 Å². The lowest BCUT2D eigenvalue weighted by Crippen LogP contribution is -2.51. The zero-order chi connectivity index (χ0) is 20.3. The minimum absolute atomic E-state index is 0.0649. The molecule has 2 aromatic carbocycles. The maximum atomic E-state index is 13.3. The number of halogens is 2. The lowest BCUT2D eigenvalue weighted by molar-refractivity contribution is -0.116. The van der Waals surface area contributed by atoms with Gasteiger partial charge in [-0.15, -0.1) is 0 Å². The predicted octanol–water partition coefficient (Wildman–Crippen LogP) is 2.66. The lowest BCUT2D eigenvalue weighted by Gasteiger charge is -2.34. The normalized spacial score (nSPS) is 17.4. The van der Waals surface area contributed by atoms with Gasteiger partial charge in [0.1, 0.15) is 0 Å². The molecular weight excluding hydrogens is 388 g/mol. The first-order chi connectivity index (χ1) is 13.3.